The van der Waals surface area contributed by atoms with Crippen molar-refractivity contribution in [2.45, 2.75) is 57.5 Å². The van der Waals surface area contributed by atoms with Gasteiger partial charge in [-0.3, -0.25) is 0 Å². The molecule has 21 heavy (non-hydrogen) atoms. The van der Waals surface area contributed by atoms with E-state index >= 15 is 0 Å². The van der Waals surface area contributed by atoms with Crippen LogP contribution in [0.5, 0.6) is 0 Å². The van der Waals surface area contributed by atoms with Gasteiger partial charge in [0.25, 0.3) is 0 Å². The standard InChI is InChI=1S/C17H20O4/c1-16(2)7-8-17(3,4)12-9-10(5-6-11(12)16)13-14(18)21-15(19)20-13/h5-6,9,13H,7-8H2,1-4H3/t13-/m1/s1. The average Bonchev–Trinajstić information content (AvgIpc) is 2.74. The summed E-state index contributed by atoms with van der Waals surface area (Å²) in [5.74, 6) is -0.632. The second kappa shape index (κ2) is 4.33. The van der Waals surface area contributed by atoms with Crippen molar-refractivity contribution in [3.8, 4) is 0 Å². The fourth-order valence-corrected chi connectivity index (χ4v) is 3.28. The van der Waals surface area contributed by atoms with E-state index in [0.29, 0.717) is 5.56 Å². The summed E-state index contributed by atoms with van der Waals surface area (Å²) < 4.78 is 9.43. The van der Waals surface area contributed by atoms with Crippen molar-refractivity contribution in [2.75, 3.05) is 0 Å². The molecule has 0 amide bonds. The molecule has 1 fully saturated rings. The molecule has 1 aliphatic carbocycles. The van der Waals surface area contributed by atoms with Crippen molar-refractivity contribution < 1.29 is 19.1 Å². The fraction of sp³-hybridized carbons (Fsp3) is 0.529. The first-order chi connectivity index (χ1) is 9.71. The summed E-state index contributed by atoms with van der Waals surface area (Å²) in [5, 5.41) is 0. The lowest BCUT2D eigenvalue weighted by atomic mass is 9.63. The summed E-state index contributed by atoms with van der Waals surface area (Å²) in [7, 11) is 0. The molecular formula is C17H20O4. The van der Waals surface area contributed by atoms with Gasteiger partial charge in [-0.1, -0.05) is 45.9 Å². The van der Waals surface area contributed by atoms with Gasteiger partial charge in [0.05, 0.1) is 0 Å². The van der Waals surface area contributed by atoms with E-state index in [1.165, 1.54) is 11.1 Å². The number of fused-ring (bicyclic) bond motifs is 1. The molecule has 1 aliphatic heterocycles. The molecule has 0 saturated carbocycles. The van der Waals surface area contributed by atoms with Crippen molar-refractivity contribution in [1.29, 1.82) is 0 Å². The van der Waals surface area contributed by atoms with Crippen molar-refractivity contribution in [2.24, 2.45) is 0 Å². The number of carbonyl (C=O) groups is 2. The first kappa shape index (κ1) is 14.1. The SMILES string of the molecule is CC1(C)CCC(C)(C)c2cc([C@H]3OC(=O)OC3=O)ccc21. The van der Waals surface area contributed by atoms with E-state index in [1.807, 2.05) is 12.1 Å². The Morgan fingerprint density at radius 3 is 2.19 bits per heavy atom. The van der Waals surface area contributed by atoms with Gasteiger partial charge in [0.1, 0.15) is 0 Å². The van der Waals surface area contributed by atoms with Crippen LogP contribution in [0.25, 0.3) is 0 Å². The molecule has 0 unspecified atom stereocenters. The summed E-state index contributed by atoms with van der Waals surface area (Å²) in [6.07, 6.45) is 0.379. The molecule has 1 aromatic rings. The van der Waals surface area contributed by atoms with E-state index in [-0.39, 0.29) is 10.8 Å². The quantitative estimate of drug-likeness (QED) is 0.583. The average molecular weight is 288 g/mol. The summed E-state index contributed by atoms with van der Waals surface area (Å²) in [6.45, 7) is 8.91. The zero-order chi connectivity index (χ0) is 15.4. The van der Waals surface area contributed by atoms with E-state index in [4.69, 9.17) is 4.74 Å². The third kappa shape index (κ3) is 2.23. The van der Waals surface area contributed by atoms with Crippen molar-refractivity contribution in [3.63, 3.8) is 0 Å². The van der Waals surface area contributed by atoms with E-state index in [1.54, 1.807) is 0 Å². The van der Waals surface area contributed by atoms with Gasteiger partial charge in [-0.05, 0) is 34.8 Å². The summed E-state index contributed by atoms with van der Waals surface area (Å²) in [4.78, 5) is 22.8. The van der Waals surface area contributed by atoms with Gasteiger partial charge in [0.15, 0.2) is 0 Å². The largest absolute Gasteiger partial charge is 0.517 e. The first-order valence-electron chi connectivity index (χ1n) is 7.28. The maximum Gasteiger partial charge on any atom is 0.517 e. The molecule has 1 aromatic carbocycles. The Labute approximate surface area is 124 Å². The smallest absolute Gasteiger partial charge is 0.414 e. The van der Waals surface area contributed by atoms with Gasteiger partial charge in [-0.15, -0.1) is 0 Å². The Hall–Kier alpha value is -1.84. The van der Waals surface area contributed by atoms with Crippen LogP contribution in [-0.4, -0.2) is 12.1 Å². The molecule has 2 aliphatic rings. The van der Waals surface area contributed by atoms with E-state index in [0.717, 1.165) is 12.8 Å². The lowest BCUT2D eigenvalue weighted by molar-refractivity contribution is -0.136. The number of carbonyl (C=O) groups excluding carboxylic acids is 2. The number of cyclic esters (lactones) is 3. The zero-order valence-electron chi connectivity index (χ0n) is 12.9. The predicted molar refractivity (Wildman–Crippen MR) is 77.0 cm³/mol. The molecule has 0 N–H and O–H groups in total. The molecule has 0 bridgehead atoms. The molecule has 3 rings (SSSR count). The fourth-order valence-electron chi connectivity index (χ4n) is 3.28. The molecule has 4 heteroatoms. The summed E-state index contributed by atoms with van der Waals surface area (Å²) >= 11 is 0. The lowest BCUT2D eigenvalue weighted by Gasteiger charge is -2.42. The third-order valence-electron chi connectivity index (χ3n) is 4.79. The number of ether oxygens (including phenoxy) is 2. The van der Waals surface area contributed by atoms with Crippen LogP contribution >= 0.6 is 0 Å². The van der Waals surface area contributed by atoms with Crippen LogP contribution in [-0.2, 0) is 25.1 Å². The highest BCUT2D eigenvalue weighted by atomic mass is 16.8. The summed E-state index contributed by atoms with van der Waals surface area (Å²) in [5.41, 5.74) is 3.39. The van der Waals surface area contributed by atoms with Crippen molar-refractivity contribution >= 4 is 12.1 Å². The second-order valence-corrected chi connectivity index (χ2v) is 7.24. The monoisotopic (exact) mass is 288 g/mol. The molecular weight excluding hydrogens is 268 g/mol. The van der Waals surface area contributed by atoms with Crippen LogP contribution < -0.4 is 0 Å². The zero-order valence-corrected chi connectivity index (χ0v) is 12.9. The highest BCUT2D eigenvalue weighted by Gasteiger charge is 2.40. The van der Waals surface area contributed by atoms with Gasteiger partial charge in [-0.25, -0.2) is 9.59 Å². The Morgan fingerprint density at radius 2 is 1.62 bits per heavy atom. The van der Waals surface area contributed by atoms with Crippen LogP contribution in [0.2, 0.25) is 0 Å². The molecule has 0 spiro atoms. The first-order valence-corrected chi connectivity index (χ1v) is 7.28. The maximum atomic E-state index is 11.7. The topological polar surface area (TPSA) is 52.6 Å². The minimum Gasteiger partial charge on any atom is -0.414 e. The van der Waals surface area contributed by atoms with E-state index in [2.05, 4.69) is 38.5 Å². The molecule has 1 atom stereocenters. The third-order valence-corrected chi connectivity index (χ3v) is 4.79. The molecule has 112 valence electrons. The van der Waals surface area contributed by atoms with Crippen LogP contribution in [0, 0.1) is 0 Å². The van der Waals surface area contributed by atoms with Gasteiger partial charge < -0.3 is 9.47 Å². The Kier molecular flexibility index (Phi) is 2.91. The van der Waals surface area contributed by atoms with Crippen molar-refractivity contribution in [1.82, 2.24) is 0 Å². The van der Waals surface area contributed by atoms with E-state index in [9.17, 15) is 9.59 Å². The van der Waals surface area contributed by atoms with E-state index < -0.39 is 18.2 Å². The minimum atomic E-state index is -0.927. The van der Waals surface area contributed by atoms with Crippen molar-refractivity contribution in [3.05, 3.63) is 34.9 Å². The molecule has 0 radical (unpaired) electrons. The molecule has 1 saturated heterocycles. The highest BCUT2D eigenvalue weighted by Crippen LogP contribution is 2.46. The van der Waals surface area contributed by atoms with Crippen LogP contribution in [0.4, 0.5) is 4.79 Å². The number of benzene rings is 1. The number of rotatable bonds is 1. The van der Waals surface area contributed by atoms with Gasteiger partial charge >= 0.3 is 12.1 Å². The minimum absolute atomic E-state index is 0.0490. The lowest BCUT2D eigenvalue weighted by Crippen LogP contribution is -2.34. The highest BCUT2D eigenvalue weighted by molar-refractivity contribution is 5.91. The van der Waals surface area contributed by atoms with Gasteiger partial charge in [0.2, 0.25) is 6.10 Å². The Bertz CT molecular complexity index is 628. The van der Waals surface area contributed by atoms with Crippen LogP contribution in [0.1, 0.15) is 63.3 Å². The molecule has 0 aromatic heterocycles. The van der Waals surface area contributed by atoms with Gasteiger partial charge in [0, 0.05) is 5.56 Å². The molecule has 1 heterocycles. The summed E-state index contributed by atoms with van der Waals surface area (Å²) in [6, 6.07) is 5.93. The van der Waals surface area contributed by atoms with Crippen LogP contribution in [0.3, 0.4) is 0 Å². The Balaban J connectivity index is 2.08. The Morgan fingerprint density at radius 1 is 1.00 bits per heavy atom. The predicted octanol–water partition coefficient (Wildman–Crippen LogP) is 3.77. The maximum absolute atomic E-state index is 11.7. The van der Waals surface area contributed by atoms with Crippen LogP contribution in [0.15, 0.2) is 18.2 Å². The second-order valence-electron chi connectivity index (χ2n) is 7.24. The normalized spacial score (nSPS) is 26.0. The number of hydrogen-bond acceptors (Lipinski definition) is 4. The molecule has 4 nitrogen and oxygen atoms in total. The number of esters is 1. The van der Waals surface area contributed by atoms with Gasteiger partial charge in [-0.2, -0.15) is 0 Å². The number of hydrogen-bond donors (Lipinski definition) is 0.